The quantitative estimate of drug-likeness (QED) is 0.404. The largest absolute Gasteiger partial charge is 0.271 e. The van der Waals surface area contributed by atoms with Gasteiger partial charge in [0.25, 0.3) is 0 Å². The molecule has 9 heteroatoms. The van der Waals surface area contributed by atoms with Crippen molar-refractivity contribution in [2.24, 2.45) is 0 Å². The number of hydrogen-bond acceptors (Lipinski definition) is 4. The van der Waals surface area contributed by atoms with Crippen molar-refractivity contribution in [3.05, 3.63) is 78.5 Å². The highest BCUT2D eigenvalue weighted by atomic mass is 32.2. The minimum absolute atomic E-state index is 0.183. The van der Waals surface area contributed by atoms with Gasteiger partial charge in [-0.15, -0.1) is 0 Å². The zero-order chi connectivity index (χ0) is 23.9. The van der Waals surface area contributed by atoms with Gasteiger partial charge >= 0.3 is 0 Å². The van der Waals surface area contributed by atoms with Gasteiger partial charge in [-0.1, -0.05) is 19.1 Å². The van der Waals surface area contributed by atoms with Gasteiger partial charge in [-0.3, -0.25) is 4.68 Å². The Balaban J connectivity index is 1.39. The Labute approximate surface area is 198 Å². The molecule has 0 aliphatic carbocycles. The Hall–Kier alpha value is -3.30. The number of halogens is 1. The maximum atomic E-state index is 13.3. The molecule has 0 bridgehead atoms. The molecule has 0 fully saturated rings. The molecule has 2 aromatic heterocycles. The van der Waals surface area contributed by atoms with Crippen molar-refractivity contribution < 1.29 is 12.8 Å². The van der Waals surface area contributed by atoms with E-state index in [9.17, 15) is 12.8 Å². The van der Waals surface area contributed by atoms with Gasteiger partial charge in [-0.25, -0.2) is 17.5 Å². The average Bonchev–Trinajstić information content (AvgIpc) is 3.47. The molecule has 0 N–H and O–H groups in total. The molecule has 1 aliphatic heterocycles. The third kappa shape index (κ3) is 4.05. The summed E-state index contributed by atoms with van der Waals surface area (Å²) in [6, 6.07) is 12.1. The number of aryl methyl sites for hydroxylation is 1. The maximum Gasteiger partial charge on any atom is 0.246 e. The van der Waals surface area contributed by atoms with Crippen molar-refractivity contribution in [3.63, 3.8) is 0 Å². The summed E-state index contributed by atoms with van der Waals surface area (Å²) in [4.78, 5) is 0.235. The number of rotatable bonds is 6. The zero-order valence-corrected chi connectivity index (χ0v) is 19.9. The molecule has 3 heterocycles. The van der Waals surface area contributed by atoms with E-state index in [4.69, 9.17) is 0 Å². The lowest BCUT2D eigenvalue weighted by molar-refractivity contribution is 0.357. The second kappa shape index (κ2) is 8.81. The fourth-order valence-electron chi connectivity index (χ4n) is 4.44. The minimum atomic E-state index is -3.61. The number of hydrogen-bond donors (Lipinski definition) is 0. The van der Waals surface area contributed by atoms with E-state index < -0.39 is 10.0 Å². The van der Waals surface area contributed by atoms with E-state index in [1.807, 2.05) is 32.1 Å². The van der Waals surface area contributed by atoms with Crippen LogP contribution in [0.1, 0.15) is 32.3 Å². The van der Waals surface area contributed by atoms with Gasteiger partial charge in [0, 0.05) is 30.7 Å². The molecule has 0 amide bonds. The smallest absolute Gasteiger partial charge is 0.246 e. The standard InChI is InChI=1S/C25H26FN5O2S/c1-3-11-29-17-24(16-27-29)34(32,33)30-12-10-20(13-18(30)2)19-4-9-25-21(14-19)15-28-31(25)23-7-5-22(26)6-8-23/h4-10,14-18H,3,11-13H2,1-2H3/t18-/m1/s1. The summed E-state index contributed by atoms with van der Waals surface area (Å²) in [5.41, 5.74) is 3.87. The molecular formula is C25H26FN5O2S. The molecule has 0 unspecified atom stereocenters. The summed E-state index contributed by atoms with van der Waals surface area (Å²) in [7, 11) is -3.61. The maximum absolute atomic E-state index is 13.3. The normalized spacial score (nSPS) is 17.3. The SMILES string of the molecule is CCCn1cc(S(=O)(=O)N2CC=C(c3ccc4c(cnn4-c4ccc(F)cc4)c3)C[C@H]2C)cn1. The van der Waals surface area contributed by atoms with E-state index >= 15 is 0 Å². The van der Waals surface area contributed by atoms with Gasteiger partial charge in [0.1, 0.15) is 10.7 Å². The predicted molar refractivity (Wildman–Crippen MR) is 129 cm³/mol. The molecule has 2 aromatic carbocycles. The first-order valence-corrected chi connectivity index (χ1v) is 12.8. The highest BCUT2D eigenvalue weighted by molar-refractivity contribution is 7.89. The molecule has 34 heavy (non-hydrogen) atoms. The molecule has 1 atom stereocenters. The molecular weight excluding hydrogens is 453 g/mol. The van der Waals surface area contributed by atoms with Gasteiger partial charge < -0.3 is 0 Å². The van der Waals surface area contributed by atoms with E-state index in [2.05, 4.69) is 16.3 Å². The second-order valence-electron chi connectivity index (χ2n) is 8.60. The molecule has 7 nitrogen and oxygen atoms in total. The molecule has 176 valence electrons. The summed E-state index contributed by atoms with van der Waals surface area (Å²) >= 11 is 0. The topological polar surface area (TPSA) is 73.0 Å². The van der Waals surface area contributed by atoms with Crippen molar-refractivity contribution in [1.82, 2.24) is 23.9 Å². The number of benzene rings is 2. The first-order valence-electron chi connectivity index (χ1n) is 11.3. The number of sulfonamides is 1. The highest BCUT2D eigenvalue weighted by Gasteiger charge is 2.32. The van der Waals surface area contributed by atoms with E-state index in [1.165, 1.54) is 22.6 Å². The second-order valence-corrected chi connectivity index (χ2v) is 10.5. The molecule has 1 aliphatic rings. The van der Waals surface area contributed by atoms with Crippen LogP contribution in [-0.2, 0) is 16.6 Å². The highest BCUT2D eigenvalue weighted by Crippen LogP contribution is 2.32. The van der Waals surface area contributed by atoms with Crippen LogP contribution in [0.4, 0.5) is 4.39 Å². The monoisotopic (exact) mass is 479 g/mol. The van der Waals surface area contributed by atoms with E-state index in [0.717, 1.165) is 34.1 Å². The van der Waals surface area contributed by atoms with E-state index in [-0.39, 0.29) is 16.8 Å². The van der Waals surface area contributed by atoms with E-state index in [1.54, 1.807) is 33.9 Å². The minimum Gasteiger partial charge on any atom is -0.271 e. The van der Waals surface area contributed by atoms with Crippen LogP contribution in [0, 0.1) is 5.82 Å². The number of fused-ring (bicyclic) bond motifs is 1. The Morgan fingerprint density at radius 3 is 2.62 bits per heavy atom. The summed E-state index contributed by atoms with van der Waals surface area (Å²) in [5, 5.41) is 9.62. The van der Waals surface area contributed by atoms with Gasteiger partial charge in [-0.2, -0.15) is 14.5 Å². The molecule has 0 saturated heterocycles. The zero-order valence-electron chi connectivity index (χ0n) is 19.1. The first kappa shape index (κ1) is 22.5. The third-order valence-corrected chi connectivity index (χ3v) is 8.14. The van der Waals surface area contributed by atoms with Crippen molar-refractivity contribution in [3.8, 4) is 5.69 Å². The molecule has 4 aromatic rings. The van der Waals surface area contributed by atoms with Crippen molar-refractivity contribution in [2.45, 2.75) is 44.2 Å². The lowest BCUT2D eigenvalue weighted by Gasteiger charge is -2.31. The van der Waals surface area contributed by atoms with Crippen LogP contribution in [-0.4, -0.2) is 44.9 Å². The van der Waals surface area contributed by atoms with Crippen molar-refractivity contribution in [2.75, 3.05) is 6.54 Å². The van der Waals surface area contributed by atoms with Crippen LogP contribution in [0.15, 0.2) is 72.0 Å². The van der Waals surface area contributed by atoms with Gasteiger partial charge in [-0.05, 0) is 67.3 Å². The summed E-state index contributed by atoms with van der Waals surface area (Å²) in [6.45, 7) is 4.96. The van der Waals surface area contributed by atoms with Crippen molar-refractivity contribution >= 4 is 26.5 Å². The lowest BCUT2D eigenvalue weighted by Crippen LogP contribution is -2.41. The van der Waals surface area contributed by atoms with Crippen molar-refractivity contribution in [1.29, 1.82) is 0 Å². The van der Waals surface area contributed by atoms with E-state index in [0.29, 0.717) is 19.5 Å². The van der Waals surface area contributed by atoms with Gasteiger partial charge in [0.15, 0.2) is 0 Å². The Morgan fingerprint density at radius 2 is 1.88 bits per heavy atom. The Morgan fingerprint density at radius 1 is 1.09 bits per heavy atom. The molecule has 0 spiro atoms. The Kier molecular flexibility index (Phi) is 5.83. The molecule has 0 saturated carbocycles. The summed E-state index contributed by atoms with van der Waals surface area (Å²) < 4.78 is 44.7. The Bertz CT molecular complexity index is 1470. The first-order chi connectivity index (χ1) is 16.4. The third-order valence-electron chi connectivity index (χ3n) is 6.20. The average molecular weight is 480 g/mol. The van der Waals surface area contributed by atoms with Gasteiger partial charge in [0.2, 0.25) is 10.0 Å². The van der Waals surface area contributed by atoms with Crippen LogP contribution in [0.25, 0.3) is 22.2 Å². The van der Waals surface area contributed by atoms with Crippen LogP contribution < -0.4 is 0 Å². The fraction of sp³-hybridized carbons (Fsp3) is 0.280. The molecule has 5 rings (SSSR count). The number of nitrogens with zero attached hydrogens (tertiary/aromatic N) is 5. The summed E-state index contributed by atoms with van der Waals surface area (Å²) in [5.74, 6) is -0.285. The lowest BCUT2D eigenvalue weighted by atomic mass is 9.95. The van der Waals surface area contributed by atoms with Gasteiger partial charge in [0.05, 0.1) is 23.6 Å². The summed E-state index contributed by atoms with van der Waals surface area (Å²) in [6.07, 6.45) is 8.32. The number of aromatic nitrogens is 4. The van der Waals surface area contributed by atoms with Crippen LogP contribution in [0.2, 0.25) is 0 Å². The van der Waals surface area contributed by atoms with Crippen LogP contribution in [0.3, 0.4) is 0 Å². The fourth-order valence-corrected chi connectivity index (χ4v) is 5.96. The predicted octanol–water partition coefficient (Wildman–Crippen LogP) is 4.64. The molecule has 0 radical (unpaired) electrons. The van der Waals surface area contributed by atoms with Crippen LogP contribution in [0.5, 0.6) is 0 Å². The van der Waals surface area contributed by atoms with Crippen LogP contribution >= 0.6 is 0 Å².